The molecule has 0 saturated carbocycles. The molecule has 0 saturated heterocycles. The first-order chi connectivity index (χ1) is 30.8. The van der Waals surface area contributed by atoms with E-state index in [-0.39, 0.29) is 0 Å². The topological polar surface area (TPSA) is 17.8 Å². The van der Waals surface area contributed by atoms with E-state index >= 15 is 0 Å². The van der Waals surface area contributed by atoms with Crippen LogP contribution in [0.4, 0.5) is 0 Å². The first kappa shape index (κ1) is 33.7. The number of aromatic nitrogens is 2. The van der Waals surface area contributed by atoms with Gasteiger partial charge < -0.3 is 4.57 Å². The highest BCUT2D eigenvalue weighted by atomic mass is 15.0. The molecule has 11 aromatic carbocycles. The molecule has 2 nitrogen and oxygen atoms in total. The Hall–Kier alpha value is -8.07. The Kier molecular flexibility index (Phi) is 6.92. The molecule has 0 fully saturated rings. The maximum absolute atomic E-state index is 4.79. The Labute approximate surface area is 357 Å². The second kappa shape index (κ2) is 12.7. The van der Waals surface area contributed by atoms with Crippen LogP contribution < -0.4 is 0 Å². The number of benzene rings is 11. The highest BCUT2D eigenvalue weighted by molar-refractivity contribution is 6.31. The van der Waals surface area contributed by atoms with Crippen LogP contribution >= 0.6 is 0 Å². The Bertz CT molecular complexity index is 3950. The van der Waals surface area contributed by atoms with Crippen LogP contribution in [-0.2, 0) is 6.42 Å². The highest BCUT2D eigenvalue weighted by Crippen LogP contribution is 2.51. The van der Waals surface area contributed by atoms with Gasteiger partial charge in [-0.15, -0.1) is 0 Å². The number of fused-ring (bicyclic) bond motifs is 8. The smallest absolute Gasteiger partial charge is 0.0708 e. The summed E-state index contributed by atoms with van der Waals surface area (Å²) in [6.07, 6.45) is 2.82. The van der Waals surface area contributed by atoms with Crippen LogP contribution in [0.5, 0.6) is 0 Å². The number of hydrogen-bond donors (Lipinski definition) is 0. The van der Waals surface area contributed by atoms with Gasteiger partial charge in [-0.1, -0.05) is 152 Å². The third kappa shape index (κ3) is 4.66. The third-order valence-electron chi connectivity index (χ3n) is 13.8. The van der Waals surface area contributed by atoms with Gasteiger partial charge in [0.2, 0.25) is 0 Å². The lowest BCUT2D eigenvalue weighted by molar-refractivity contribution is 1.18. The molecule has 13 aromatic rings. The van der Waals surface area contributed by atoms with Crippen molar-refractivity contribution in [1.82, 2.24) is 9.55 Å². The molecule has 0 amide bonds. The standard InChI is InChI=1S/C60H36N2/c1-2-15-42-38(12-1)32-40-34-52-53(35-51(40)42)57(39-13-11-14-41(33-39)62-55-21-7-5-16-44(55)45-17-6-8-22-56(45)62)46-18-3-4-19-47(46)60(52)50-30-26-37-24-28-48-43(54-20-9-10-31-61-54)27-23-36-25-29-49(50)59(37)58(36)48/h1-31,33-35H,32H2. The Morgan fingerprint density at radius 2 is 0.968 bits per heavy atom. The van der Waals surface area contributed by atoms with Gasteiger partial charge in [0.05, 0.1) is 16.7 Å². The van der Waals surface area contributed by atoms with E-state index in [9.17, 15) is 0 Å². The van der Waals surface area contributed by atoms with E-state index in [0.717, 1.165) is 23.4 Å². The quantitative estimate of drug-likeness (QED) is 0.128. The lowest BCUT2D eigenvalue weighted by Crippen LogP contribution is -1.96. The van der Waals surface area contributed by atoms with Gasteiger partial charge in [-0.3, -0.25) is 4.98 Å². The summed E-state index contributed by atoms with van der Waals surface area (Å²) in [6, 6.07) is 74.6. The minimum absolute atomic E-state index is 0.932. The molecular formula is C60H36N2. The molecule has 0 unspecified atom stereocenters. The van der Waals surface area contributed by atoms with Gasteiger partial charge in [-0.2, -0.15) is 0 Å². The van der Waals surface area contributed by atoms with E-state index < -0.39 is 0 Å². The SMILES string of the molecule is c1ccc(-c2ccc3ccc4c(-c5c6ccccc6c(-c6cccc(-n7c8ccccc8c8ccccc87)c6)c6cc7c(cc56)Cc5ccccc5-7)ccc5ccc2c3c54)nc1. The van der Waals surface area contributed by atoms with Crippen molar-refractivity contribution in [3.8, 4) is 50.3 Å². The second-order valence-electron chi connectivity index (χ2n) is 17.0. The first-order valence-corrected chi connectivity index (χ1v) is 21.6. The van der Waals surface area contributed by atoms with Gasteiger partial charge in [-0.25, -0.2) is 0 Å². The molecule has 2 heterocycles. The fraction of sp³-hybridized carbons (Fsp3) is 0.0167. The largest absolute Gasteiger partial charge is 0.309 e. The van der Waals surface area contributed by atoms with E-state index in [4.69, 9.17) is 4.98 Å². The van der Waals surface area contributed by atoms with Crippen molar-refractivity contribution in [3.63, 3.8) is 0 Å². The van der Waals surface area contributed by atoms with Crippen LogP contribution in [0.3, 0.4) is 0 Å². The molecule has 0 radical (unpaired) electrons. The summed E-state index contributed by atoms with van der Waals surface area (Å²) in [5.41, 5.74) is 16.2. The summed E-state index contributed by atoms with van der Waals surface area (Å²) < 4.78 is 2.44. The van der Waals surface area contributed by atoms with Gasteiger partial charge in [0.25, 0.3) is 0 Å². The van der Waals surface area contributed by atoms with Gasteiger partial charge in [-0.05, 0) is 153 Å². The number of para-hydroxylation sites is 2. The minimum Gasteiger partial charge on any atom is -0.309 e. The molecule has 0 N–H and O–H groups in total. The van der Waals surface area contributed by atoms with Gasteiger partial charge >= 0.3 is 0 Å². The molecule has 62 heavy (non-hydrogen) atoms. The fourth-order valence-corrected chi connectivity index (χ4v) is 11.2. The molecule has 1 aliphatic rings. The van der Waals surface area contributed by atoms with Gasteiger partial charge in [0.15, 0.2) is 0 Å². The zero-order chi connectivity index (χ0) is 40.5. The average Bonchev–Trinajstić information content (AvgIpc) is 3.87. The zero-order valence-electron chi connectivity index (χ0n) is 33.7. The van der Waals surface area contributed by atoms with E-state index in [1.807, 2.05) is 12.3 Å². The number of rotatable bonds is 4. The maximum atomic E-state index is 4.79. The van der Waals surface area contributed by atoms with Crippen LogP contribution in [0.2, 0.25) is 0 Å². The molecule has 0 bridgehead atoms. The summed E-state index contributed by atoms with van der Waals surface area (Å²) in [5, 5.41) is 15.2. The molecule has 14 rings (SSSR count). The molecule has 1 aliphatic carbocycles. The fourth-order valence-electron chi connectivity index (χ4n) is 11.2. The van der Waals surface area contributed by atoms with Crippen molar-refractivity contribution < 1.29 is 0 Å². The maximum Gasteiger partial charge on any atom is 0.0708 e. The van der Waals surface area contributed by atoms with Crippen LogP contribution in [0, 0.1) is 0 Å². The highest BCUT2D eigenvalue weighted by Gasteiger charge is 2.25. The minimum atomic E-state index is 0.932. The molecule has 0 aliphatic heterocycles. The third-order valence-corrected chi connectivity index (χ3v) is 13.8. The van der Waals surface area contributed by atoms with Crippen LogP contribution in [-0.4, -0.2) is 9.55 Å². The van der Waals surface area contributed by atoms with Crippen LogP contribution in [0.15, 0.2) is 206 Å². The van der Waals surface area contributed by atoms with Crippen LogP contribution in [0.1, 0.15) is 11.1 Å². The molecule has 0 spiro atoms. The zero-order valence-corrected chi connectivity index (χ0v) is 33.7. The van der Waals surface area contributed by atoms with E-state index in [2.05, 4.69) is 199 Å². The predicted molar refractivity (Wildman–Crippen MR) is 262 cm³/mol. The number of hydrogen-bond acceptors (Lipinski definition) is 1. The lowest BCUT2D eigenvalue weighted by Gasteiger charge is -2.22. The predicted octanol–water partition coefficient (Wildman–Crippen LogP) is 16.0. The normalized spacial score (nSPS) is 12.5. The van der Waals surface area contributed by atoms with Crippen LogP contribution in [0.25, 0.3) is 126 Å². The van der Waals surface area contributed by atoms with Crippen molar-refractivity contribution in [3.05, 3.63) is 218 Å². The van der Waals surface area contributed by atoms with E-state index in [0.29, 0.717) is 0 Å². The molecule has 2 aromatic heterocycles. The lowest BCUT2D eigenvalue weighted by atomic mass is 9.82. The Balaban J connectivity index is 1.09. The molecular weight excluding hydrogens is 749 g/mol. The summed E-state index contributed by atoms with van der Waals surface area (Å²) in [7, 11) is 0. The number of pyridine rings is 1. The summed E-state index contributed by atoms with van der Waals surface area (Å²) in [6.45, 7) is 0. The Morgan fingerprint density at radius 1 is 0.355 bits per heavy atom. The van der Waals surface area contributed by atoms with Gasteiger partial charge in [0.1, 0.15) is 0 Å². The molecule has 2 heteroatoms. The average molecular weight is 785 g/mol. The van der Waals surface area contributed by atoms with E-state index in [1.54, 1.807) is 0 Å². The molecule has 286 valence electrons. The second-order valence-corrected chi connectivity index (χ2v) is 17.0. The Morgan fingerprint density at radius 3 is 1.71 bits per heavy atom. The van der Waals surface area contributed by atoms with Crippen molar-refractivity contribution in [2.45, 2.75) is 6.42 Å². The monoisotopic (exact) mass is 784 g/mol. The summed E-state index contributed by atoms with van der Waals surface area (Å²) >= 11 is 0. The number of nitrogens with zero attached hydrogens (tertiary/aromatic N) is 2. The van der Waals surface area contributed by atoms with E-state index in [1.165, 1.54) is 120 Å². The van der Waals surface area contributed by atoms with Crippen molar-refractivity contribution in [2.75, 3.05) is 0 Å². The first-order valence-electron chi connectivity index (χ1n) is 21.6. The summed E-state index contributed by atoms with van der Waals surface area (Å²) in [4.78, 5) is 4.79. The molecule has 0 atom stereocenters. The van der Waals surface area contributed by atoms with Crippen molar-refractivity contribution in [1.29, 1.82) is 0 Å². The summed E-state index contributed by atoms with van der Waals surface area (Å²) in [5.74, 6) is 0. The van der Waals surface area contributed by atoms with Crippen molar-refractivity contribution >= 4 is 75.7 Å². The van der Waals surface area contributed by atoms with Crippen molar-refractivity contribution in [2.24, 2.45) is 0 Å². The van der Waals surface area contributed by atoms with Gasteiger partial charge in [0, 0.05) is 28.2 Å².